The van der Waals surface area contributed by atoms with Crippen LogP contribution in [0.25, 0.3) is 0 Å². The van der Waals surface area contributed by atoms with Crippen molar-refractivity contribution in [1.29, 1.82) is 0 Å². The zero-order chi connectivity index (χ0) is 16.2. The topological polar surface area (TPSA) is 55.5 Å². The highest BCUT2D eigenvalue weighted by Gasteiger charge is 2.30. The molecule has 0 aliphatic heterocycles. The van der Waals surface area contributed by atoms with Gasteiger partial charge in [-0.3, -0.25) is 0 Å². The number of rotatable bonds is 6. The van der Waals surface area contributed by atoms with E-state index in [-0.39, 0.29) is 5.41 Å². The molecule has 2 aromatic carbocycles. The molecule has 2 rings (SSSR count). The zero-order valence-electron chi connectivity index (χ0n) is 12.9. The summed E-state index contributed by atoms with van der Waals surface area (Å²) in [5, 5.41) is 10.4. The zero-order valence-corrected chi connectivity index (χ0v) is 13.7. The predicted molar refractivity (Wildman–Crippen MR) is 90.3 cm³/mol. The first-order valence-electron chi connectivity index (χ1n) is 7.26. The van der Waals surface area contributed by atoms with Crippen LogP contribution in [0.3, 0.4) is 0 Å². The van der Waals surface area contributed by atoms with E-state index >= 15 is 0 Å². The quantitative estimate of drug-likeness (QED) is 0.801. The number of hydrogen-bond acceptors (Lipinski definition) is 3. The smallest absolute Gasteiger partial charge is 0.122 e. The molecule has 0 amide bonds. The number of nitrogens with two attached hydrogens (primary N) is 1. The molecule has 0 saturated carbocycles. The first-order valence-corrected chi connectivity index (χ1v) is 7.64. The molecule has 2 atom stereocenters. The van der Waals surface area contributed by atoms with Crippen LogP contribution in [0.4, 0.5) is 0 Å². The van der Waals surface area contributed by atoms with Crippen molar-refractivity contribution in [3.63, 3.8) is 0 Å². The summed E-state index contributed by atoms with van der Waals surface area (Å²) in [6, 6.07) is 15.6. The van der Waals surface area contributed by atoms with Gasteiger partial charge in [0.1, 0.15) is 12.0 Å². The molecule has 0 spiro atoms. The highest BCUT2D eigenvalue weighted by molar-refractivity contribution is 6.30. The van der Waals surface area contributed by atoms with E-state index in [1.54, 1.807) is 7.11 Å². The Morgan fingerprint density at radius 3 is 2.41 bits per heavy atom. The lowest BCUT2D eigenvalue weighted by Gasteiger charge is -2.32. The highest BCUT2D eigenvalue weighted by atomic mass is 35.5. The monoisotopic (exact) mass is 319 g/mol. The van der Waals surface area contributed by atoms with Crippen molar-refractivity contribution >= 4 is 11.6 Å². The molecule has 0 fully saturated rings. The first-order chi connectivity index (χ1) is 10.4. The molecule has 0 aromatic heterocycles. The van der Waals surface area contributed by atoms with Gasteiger partial charge < -0.3 is 15.6 Å². The second kappa shape index (κ2) is 7.14. The Labute approximate surface area is 136 Å². The fourth-order valence-corrected chi connectivity index (χ4v) is 3.00. The Morgan fingerprint density at radius 1 is 1.18 bits per heavy atom. The van der Waals surface area contributed by atoms with Crippen LogP contribution in [0, 0.1) is 0 Å². The van der Waals surface area contributed by atoms with E-state index in [4.69, 9.17) is 22.1 Å². The van der Waals surface area contributed by atoms with Crippen LogP contribution >= 0.6 is 11.6 Å². The van der Waals surface area contributed by atoms with Crippen molar-refractivity contribution in [2.24, 2.45) is 5.73 Å². The molecule has 0 aliphatic carbocycles. The SMILES string of the molecule is COc1ccccc1CC(C)(C[C@H](N)O)c1ccc(Cl)cc1. The average molecular weight is 320 g/mol. The van der Waals surface area contributed by atoms with Gasteiger partial charge in [-0.05, 0) is 42.2 Å². The van der Waals surface area contributed by atoms with Crippen molar-refractivity contribution in [3.8, 4) is 5.75 Å². The number of benzene rings is 2. The Hall–Kier alpha value is -1.55. The highest BCUT2D eigenvalue weighted by Crippen LogP contribution is 2.35. The van der Waals surface area contributed by atoms with Crippen LogP contribution in [0.2, 0.25) is 5.02 Å². The molecule has 4 heteroatoms. The van der Waals surface area contributed by atoms with Crippen LogP contribution in [0.15, 0.2) is 48.5 Å². The molecule has 3 nitrogen and oxygen atoms in total. The number of methoxy groups -OCH3 is 1. The van der Waals surface area contributed by atoms with Gasteiger partial charge in [0.05, 0.1) is 7.11 Å². The summed E-state index contributed by atoms with van der Waals surface area (Å²) in [6.45, 7) is 2.10. The van der Waals surface area contributed by atoms with Gasteiger partial charge in [0.15, 0.2) is 0 Å². The van der Waals surface area contributed by atoms with E-state index in [0.29, 0.717) is 17.9 Å². The van der Waals surface area contributed by atoms with Crippen LogP contribution in [-0.4, -0.2) is 18.4 Å². The third-order valence-corrected chi connectivity index (χ3v) is 4.23. The molecule has 0 bridgehead atoms. The number of halogens is 1. The average Bonchev–Trinajstić information content (AvgIpc) is 2.47. The Balaban J connectivity index is 2.39. The van der Waals surface area contributed by atoms with E-state index < -0.39 is 6.23 Å². The summed E-state index contributed by atoms with van der Waals surface area (Å²) >= 11 is 5.98. The Morgan fingerprint density at radius 2 is 1.82 bits per heavy atom. The molecule has 2 aromatic rings. The third-order valence-electron chi connectivity index (χ3n) is 3.97. The first kappa shape index (κ1) is 16.8. The summed E-state index contributed by atoms with van der Waals surface area (Å²) in [5.74, 6) is 0.842. The maximum atomic E-state index is 9.73. The van der Waals surface area contributed by atoms with Crippen LogP contribution in [0.1, 0.15) is 24.5 Å². The molecule has 0 radical (unpaired) electrons. The molecule has 0 heterocycles. The summed E-state index contributed by atoms with van der Waals surface area (Å²) in [4.78, 5) is 0. The van der Waals surface area contributed by atoms with Crippen molar-refractivity contribution in [3.05, 3.63) is 64.7 Å². The molecule has 118 valence electrons. The van der Waals surface area contributed by atoms with E-state index in [1.165, 1.54) is 0 Å². The van der Waals surface area contributed by atoms with Gasteiger partial charge in [0.25, 0.3) is 0 Å². The lowest BCUT2D eigenvalue weighted by Crippen LogP contribution is -2.34. The van der Waals surface area contributed by atoms with Crippen LogP contribution in [-0.2, 0) is 11.8 Å². The van der Waals surface area contributed by atoms with Crippen molar-refractivity contribution in [2.75, 3.05) is 7.11 Å². The Kier molecular flexibility index (Phi) is 5.46. The minimum Gasteiger partial charge on any atom is -0.496 e. The number of hydrogen-bond donors (Lipinski definition) is 2. The van der Waals surface area contributed by atoms with Gasteiger partial charge in [-0.1, -0.05) is 48.9 Å². The van der Waals surface area contributed by atoms with E-state index in [0.717, 1.165) is 16.9 Å². The summed E-state index contributed by atoms with van der Waals surface area (Å²) in [7, 11) is 1.66. The van der Waals surface area contributed by atoms with Gasteiger partial charge in [-0.15, -0.1) is 0 Å². The van der Waals surface area contributed by atoms with Gasteiger partial charge in [0.2, 0.25) is 0 Å². The standard InChI is InChI=1S/C18H22ClNO2/c1-18(12-17(20)21,14-7-9-15(19)10-8-14)11-13-5-3-4-6-16(13)22-2/h3-10,17,21H,11-12,20H2,1-2H3/t17-,18?/m1/s1. The predicted octanol–water partition coefficient (Wildman–Crippen LogP) is 3.52. The van der Waals surface area contributed by atoms with E-state index in [9.17, 15) is 5.11 Å². The molecule has 3 N–H and O–H groups in total. The molecule has 0 aliphatic rings. The molecule has 1 unspecified atom stereocenters. The minimum atomic E-state index is -0.879. The molecular weight excluding hydrogens is 298 g/mol. The molecular formula is C18H22ClNO2. The van der Waals surface area contributed by atoms with E-state index in [1.807, 2.05) is 48.5 Å². The van der Waals surface area contributed by atoms with Gasteiger partial charge in [-0.2, -0.15) is 0 Å². The maximum Gasteiger partial charge on any atom is 0.122 e. The fraction of sp³-hybridized carbons (Fsp3) is 0.333. The number of aliphatic hydroxyl groups is 1. The van der Waals surface area contributed by atoms with Gasteiger partial charge in [-0.25, -0.2) is 0 Å². The minimum absolute atomic E-state index is 0.312. The number of para-hydroxylation sites is 1. The maximum absolute atomic E-state index is 9.73. The molecule has 22 heavy (non-hydrogen) atoms. The third kappa shape index (κ3) is 4.01. The van der Waals surface area contributed by atoms with Gasteiger partial charge in [0, 0.05) is 10.4 Å². The fourth-order valence-electron chi connectivity index (χ4n) is 2.88. The number of aliphatic hydroxyl groups excluding tert-OH is 1. The summed E-state index contributed by atoms with van der Waals surface area (Å²) in [5.41, 5.74) is 7.53. The van der Waals surface area contributed by atoms with Crippen LogP contribution in [0.5, 0.6) is 5.75 Å². The summed E-state index contributed by atoms with van der Waals surface area (Å²) in [6.07, 6.45) is 0.287. The van der Waals surface area contributed by atoms with Crippen LogP contribution < -0.4 is 10.5 Å². The largest absolute Gasteiger partial charge is 0.496 e. The van der Waals surface area contributed by atoms with Crippen molar-refractivity contribution < 1.29 is 9.84 Å². The molecule has 0 saturated heterocycles. The number of ether oxygens (including phenoxy) is 1. The van der Waals surface area contributed by atoms with Crippen molar-refractivity contribution in [1.82, 2.24) is 0 Å². The van der Waals surface area contributed by atoms with E-state index in [2.05, 4.69) is 6.92 Å². The lowest BCUT2D eigenvalue weighted by atomic mass is 9.74. The van der Waals surface area contributed by atoms with Gasteiger partial charge >= 0.3 is 0 Å². The summed E-state index contributed by atoms with van der Waals surface area (Å²) < 4.78 is 5.44. The second-order valence-electron chi connectivity index (χ2n) is 5.83. The second-order valence-corrected chi connectivity index (χ2v) is 6.26. The Bertz CT molecular complexity index is 613. The van der Waals surface area contributed by atoms with Crippen molar-refractivity contribution in [2.45, 2.75) is 31.4 Å². The normalized spacial score (nSPS) is 15.1. The lowest BCUT2D eigenvalue weighted by molar-refractivity contribution is 0.140.